The number of carbonyl (C=O) groups excluding carboxylic acids is 1. The maximum atomic E-state index is 12.1. The van der Waals surface area contributed by atoms with Crippen LogP contribution in [0.1, 0.15) is 34.1 Å². The van der Waals surface area contributed by atoms with Crippen LogP contribution in [0.4, 0.5) is 0 Å². The van der Waals surface area contributed by atoms with Crippen molar-refractivity contribution in [2.45, 2.75) is 50.2 Å². The predicted molar refractivity (Wildman–Crippen MR) is 62.9 cm³/mol. The van der Waals surface area contributed by atoms with Crippen molar-refractivity contribution in [2.24, 2.45) is 5.41 Å². The van der Waals surface area contributed by atoms with E-state index in [1.54, 1.807) is 0 Å². The van der Waals surface area contributed by atoms with Crippen molar-refractivity contribution in [3.05, 3.63) is 12.2 Å². The molecule has 0 aromatic rings. The number of carbonyl (C=O) groups is 1. The first-order valence-electron chi connectivity index (χ1n) is 5.38. The van der Waals surface area contributed by atoms with Crippen molar-refractivity contribution < 1.29 is 9.53 Å². The lowest BCUT2D eigenvalue weighted by Gasteiger charge is -2.31. The molecule has 0 aromatic carbocycles. The topological polar surface area (TPSA) is 26.3 Å². The van der Waals surface area contributed by atoms with Gasteiger partial charge < -0.3 is 4.74 Å². The lowest BCUT2D eigenvalue weighted by Crippen LogP contribution is -2.40. The second kappa shape index (κ2) is 3.27. The van der Waals surface area contributed by atoms with Gasteiger partial charge in [0.25, 0.3) is 0 Å². The Bertz CT molecular complexity index is 316. The molecule has 0 aliphatic carbocycles. The molecule has 2 heterocycles. The van der Waals surface area contributed by atoms with Gasteiger partial charge in [-0.1, -0.05) is 12.2 Å². The SMILES string of the molecule is CC(C)(C)OC(=O)C1(C)CC2C=CC1S2. The molecule has 3 heteroatoms. The molecule has 0 N–H and O–H groups in total. The first-order chi connectivity index (χ1) is 6.81. The van der Waals surface area contributed by atoms with Crippen molar-refractivity contribution in [2.75, 3.05) is 0 Å². The molecule has 2 aliphatic rings. The Kier molecular flexibility index (Phi) is 2.41. The molecule has 2 bridgehead atoms. The average molecular weight is 226 g/mol. The van der Waals surface area contributed by atoms with E-state index in [-0.39, 0.29) is 17.0 Å². The van der Waals surface area contributed by atoms with Crippen LogP contribution in [-0.2, 0) is 9.53 Å². The number of hydrogen-bond acceptors (Lipinski definition) is 3. The third-order valence-electron chi connectivity index (χ3n) is 2.94. The van der Waals surface area contributed by atoms with Gasteiger partial charge in [-0.05, 0) is 34.1 Å². The van der Waals surface area contributed by atoms with Gasteiger partial charge in [-0.15, -0.1) is 11.8 Å². The van der Waals surface area contributed by atoms with Crippen LogP contribution in [0, 0.1) is 5.41 Å². The maximum Gasteiger partial charge on any atom is 0.313 e. The molecule has 0 spiro atoms. The van der Waals surface area contributed by atoms with Crippen molar-refractivity contribution >= 4 is 17.7 Å². The van der Waals surface area contributed by atoms with Crippen molar-refractivity contribution in [1.29, 1.82) is 0 Å². The molecule has 1 fully saturated rings. The van der Waals surface area contributed by atoms with E-state index in [1.165, 1.54) is 0 Å². The van der Waals surface area contributed by atoms with E-state index in [9.17, 15) is 4.79 Å². The molecule has 1 saturated heterocycles. The van der Waals surface area contributed by atoms with Crippen LogP contribution in [0.5, 0.6) is 0 Å². The monoisotopic (exact) mass is 226 g/mol. The zero-order valence-corrected chi connectivity index (χ0v) is 10.6. The number of rotatable bonds is 1. The zero-order valence-electron chi connectivity index (χ0n) is 9.74. The second-order valence-corrected chi connectivity index (χ2v) is 6.99. The molecule has 3 atom stereocenters. The zero-order chi connectivity index (χ0) is 11.3. The molecule has 2 rings (SSSR count). The van der Waals surface area contributed by atoms with Crippen molar-refractivity contribution in [1.82, 2.24) is 0 Å². The summed E-state index contributed by atoms with van der Waals surface area (Å²) in [6, 6.07) is 0. The highest BCUT2D eigenvalue weighted by Crippen LogP contribution is 2.53. The molecule has 15 heavy (non-hydrogen) atoms. The molecule has 2 nitrogen and oxygen atoms in total. The Hall–Kier alpha value is -0.440. The highest BCUT2D eigenvalue weighted by molar-refractivity contribution is 8.01. The van der Waals surface area contributed by atoms with Crippen LogP contribution >= 0.6 is 11.8 Å². The van der Waals surface area contributed by atoms with E-state index in [0.29, 0.717) is 10.5 Å². The summed E-state index contributed by atoms with van der Waals surface area (Å²) in [4.78, 5) is 12.1. The van der Waals surface area contributed by atoms with E-state index in [0.717, 1.165) is 6.42 Å². The van der Waals surface area contributed by atoms with E-state index < -0.39 is 0 Å². The van der Waals surface area contributed by atoms with Crippen molar-refractivity contribution in [3.63, 3.8) is 0 Å². The fraction of sp³-hybridized carbons (Fsp3) is 0.750. The minimum atomic E-state index is -0.379. The third-order valence-corrected chi connectivity index (χ3v) is 4.58. The lowest BCUT2D eigenvalue weighted by molar-refractivity contribution is -0.166. The molecule has 3 unspecified atom stereocenters. The molecular weight excluding hydrogens is 208 g/mol. The highest BCUT2D eigenvalue weighted by Gasteiger charge is 2.52. The highest BCUT2D eigenvalue weighted by atomic mass is 32.2. The smallest absolute Gasteiger partial charge is 0.313 e. The van der Waals surface area contributed by atoms with Gasteiger partial charge in [-0.3, -0.25) is 4.79 Å². The lowest BCUT2D eigenvalue weighted by atomic mass is 9.79. The van der Waals surface area contributed by atoms with Crippen LogP contribution in [-0.4, -0.2) is 22.1 Å². The molecular formula is C12H18O2S. The Morgan fingerprint density at radius 2 is 2.13 bits per heavy atom. The van der Waals surface area contributed by atoms with Crippen LogP contribution in [0.15, 0.2) is 12.2 Å². The minimum Gasteiger partial charge on any atom is -0.460 e. The van der Waals surface area contributed by atoms with Gasteiger partial charge in [0.05, 0.1) is 5.41 Å². The van der Waals surface area contributed by atoms with Crippen LogP contribution in [0.2, 0.25) is 0 Å². The summed E-state index contributed by atoms with van der Waals surface area (Å²) in [7, 11) is 0. The number of ether oxygens (including phenoxy) is 1. The Labute approximate surface area is 95.5 Å². The van der Waals surface area contributed by atoms with Crippen molar-refractivity contribution in [3.8, 4) is 0 Å². The summed E-state index contributed by atoms with van der Waals surface area (Å²) >= 11 is 1.88. The normalized spacial score (nSPS) is 38.4. The fourth-order valence-corrected chi connectivity index (χ4v) is 3.79. The molecule has 2 aliphatic heterocycles. The second-order valence-electron chi connectivity index (χ2n) is 5.60. The third kappa shape index (κ3) is 1.94. The number of fused-ring (bicyclic) bond motifs is 2. The van der Waals surface area contributed by atoms with E-state index >= 15 is 0 Å². The van der Waals surface area contributed by atoms with Gasteiger partial charge in [0.1, 0.15) is 5.60 Å². The van der Waals surface area contributed by atoms with Gasteiger partial charge in [0.2, 0.25) is 0 Å². The average Bonchev–Trinajstić information content (AvgIpc) is 2.60. The predicted octanol–water partition coefficient (Wildman–Crippen LogP) is 2.78. The Morgan fingerprint density at radius 1 is 1.47 bits per heavy atom. The summed E-state index contributed by atoms with van der Waals surface area (Å²) in [5.74, 6) is -0.0423. The van der Waals surface area contributed by atoms with Gasteiger partial charge in [0.15, 0.2) is 0 Å². The number of thioether (sulfide) groups is 1. The van der Waals surface area contributed by atoms with E-state index in [1.807, 2.05) is 39.5 Å². The Morgan fingerprint density at radius 3 is 2.53 bits per heavy atom. The summed E-state index contributed by atoms with van der Waals surface area (Å²) < 4.78 is 5.49. The quantitative estimate of drug-likeness (QED) is 0.508. The standard InChI is InChI=1S/C12H18O2S/c1-11(2,3)14-10(13)12(4)7-8-5-6-9(12)15-8/h5-6,8-9H,7H2,1-4H3. The van der Waals surface area contributed by atoms with Gasteiger partial charge in [-0.25, -0.2) is 0 Å². The molecule has 0 saturated carbocycles. The Balaban J connectivity index is 2.11. The van der Waals surface area contributed by atoms with Crippen LogP contribution in [0.25, 0.3) is 0 Å². The summed E-state index contributed by atoms with van der Waals surface area (Å²) in [5.41, 5.74) is -0.687. The van der Waals surface area contributed by atoms with Crippen LogP contribution in [0.3, 0.4) is 0 Å². The first-order valence-corrected chi connectivity index (χ1v) is 6.33. The largest absolute Gasteiger partial charge is 0.460 e. The van der Waals surface area contributed by atoms with Gasteiger partial charge in [-0.2, -0.15) is 0 Å². The fourth-order valence-electron chi connectivity index (χ4n) is 2.11. The number of hydrogen-bond donors (Lipinski definition) is 0. The maximum absolute atomic E-state index is 12.1. The molecule has 0 amide bonds. The van der Waals surface area contributed by atoms with Crippen LogP contribution < -0.4 is 0 Å². The summed E-state index contributed by atoms with van der Waals surface area (Å²) in [5, 5.41) is 0.838. The van der Waals surface area contributed by atoms with Gasteiger partial charge >= 0.3 is 5.97 Å². The molecule has 84 valence electrons. The number of esters is 1. The van der Waals surface area contributed by atoms with Gasteiger partial charge in [0, 0.05) is 10.5 Å². The summed E-state index contributed by atoms with van der Waals surface area (Å²) in [6.45, 7) is 7.79. The molecule has 0 aromatic heterocycles. The molecule has 0 radical (unpaired) electrons. The van der Waals surface area contributed by atoms with E-state index in [2.05, 4.69) is 12.2 Å². The minimum absolute atomic E-state index is 0.0423. The first kappa shape index (κ1) is 11.1. The van der Waals surface area contributed by atoms with E-state index in [4.69, 9.17) is 4.74 Å². The summed E-state index contributed by atoms with van der Waals surface area (Å²) in [6.07, 6.45) is 5.29.